The summed E-state index contributed by atoms with van der Waals surface area (Å²) in [6.07, 6.45) is 61.5. The Hall–Kier alpha value is -4.24. The van der Waals surface area contributed by atoms with Crippen molar-refractivity contribution in [2.24, 2.45) is 75.9 Å². The molecule has 11 aliphatic rings. The molecule has 6 saturated carbocycles. The van der Waals surface area contributed by atoms with Gasteiger partial charge in [0.15, 0.2) is 11.6 Å². The van der Waals surface area contributed by atoms with Crippen LogP contribution in [0.2, 0.25) is 0 Å². The summed E-state index contributed by atoms with van der Waals surface area (Å²) in [5.41, 5.74) is 5.05. The zero-order valence-corrected chi connectivity index (χ0v) is 42.4. The van der Waals surface area contributed by atoms with Gasteiger partial charge in [-0.2, -0.15) is 0 Å². The molecule has 4 heteroatoms. The van der Waals surface area contributed by atoms with Crippen LogP contribution in [0.5, 0.6) is 0 Å². The Bertz CT molecular complexity index is 2260. The third-order valence-electron chi connectivity index (χ3n) is 20.3. The van der Waals surface area contributed by atoms with Crippen LogP contribution in [0.25, 0.3) is 0 Å². The average Bonchev–Trinajstić information content (AvgIpc) is 4.17. The predicted octanol–water partition coefficient (Wildman–Crippen LogP) is 14.2. The van der Waals surface area contributed by atoms with Crippen molar-refractivity contribution in [2.45, 2.75) is 202 Å². The minimum Gasteiger partial charge on any atom is -0.377 e. The van der Waals surface area contributed by atoms with Crippen LogP contribution in [0, 0.1) is 138 Å². The Morgan fingerprint density at radius 3 is 1.50 bits per heavy atom. The third kappa shape index (κ3) is 11.0. The highest BCUT2D eigenvalue weighted by Crippen LogP contribution is 2.65. The van der Waals surface area contributed by atoms with Crippen LogP contribution in [0.15, 0.2) is 58.2 Å². The number of hydrogen-bond donors (Lipinski definition) is 2. The van der Waals surface area contributed by atoms with E-state index in [0.717, 1.165) is 101 Å². The van der Waals surface area contributed by atoms with Crippen LogP contribution < -0.4 is 0 Å². The maximum Gasteiger partial charge on any atom is 0.155 e. The van der Waals surface area contributed by atoms with E-state index >= 15 is 0 Å². The number of carbonyl (C=O) groups is 2. The lowest BCUT2D eigenvalue weighted by molar-refractivity contribution is -0.117. The van der Waals surface area contributed by atoms with E-state index in [9.17, 15) is 19.8 Å². The summed E-state index contributed by atoms with van der Waals surface area (Å²) in [4.78, 5) is 23.4. The lowest BCUT2D eigenvalue weighted by Gasteiger charge is -2.54. The number of terminal acetylenes is 5. The summed E-state index contributed by atoms with van der Waals surface area (Å²) in [7, 11) is 0. The standard InChI is InChI=1S/C20H26O2.C20H24O.C8H12O.2C8H10.2CH4/c1-3-20(22)11-9-18-17-6-4-13-12-14(21)5-7-15(13)16(17)8-10-19(18,20)2;1-3-14-5-9-19-18-7-4-13-12-15(21)6-8-16(13)17(18)10-11-20(14,19)2;1-3-8(9)6-4-5-7(8)2;2*1-3-8-6-4-5-7(8)2;;/h1,12,15-18,22H,4-11H2,2H3;1,5,12,16-19H,4,6-11H2,2H3;1,7,9H,4-6H2,2H3;2*1,6-7H,4-5H2,2H3;2*1H4/t15-,16?,17?,18?,19-,20-;16-,17?,18?,19?,20+;7-,8+;2*7-;;/m00111../s1. The maximum atomic E-state index is 11.7. The number of carbonyl (C=O) groups excluding carboxylic acids is 2. The van der Waals surface area contributed by atoms with Crippen molar-refractivity contribution in [1.29, 1.82) is 0 Å². The largest absolute Gasteiger partial charge is 0.377 e. The summed E-state index contributed by atoms with van der Waals surface area (Å²) in [5.74, 6) is 21.5. The summed E-state index contributed by atoms with van der Waals surface area (Å²) in [6.45, 7) is 11.0. The number of rotatable bonds is 0. The van der Waals surface area contributed by atoms with Crippen LogP contribution in [-0.4, -0.2) is 33.0 Å². The fraction of sp³-hybridized carbons (Fsp3) is 0.667. The number of aliphatic hydroxyl groups is 2. The van der Waals surface area contributed by atoms with E-state index in [4.69, 9.17) is 32.1 Å². The molecule has 4 nitrogen and oxygen atoms in total. The monoisotopic (exact) mass is 947 g/mol. The molecule has 6 unspecified atom stereocenters. The molecule has 0 radical (unpaired) electrons. The normalized spacial score (nSPS) is 40.9. The molecule has 0 aromatic rings. The van der Waals surface area contributed by atoms with Gasteiger partial charge in [0.05, 0.1) is 0 Å². The minimum atomic E-state index is -0.902. The van der Waals surface area contributed by atoms with Crippen molar-refractivity contribution in [3.8, 4) is 61.7 Å². The smallest absolute Gasteiger partial charge is 0.155 e. The molecule has 6 fully saturated rings. The van der Waals surface area contributed by atoms with E-state index in [1.54, 1.807) is 0 Å². The van der Waals surface area contributed by atoms with Crippen LogP contribution in [-0.2, 0) is 9.59 Å². The molecule has 0 bridgehead atoms. The van der Waals surface area contributed by atoms with Gasteiger partial charge in [-0.1, -0.05) is 108 Å². The number of hydrogen-bond acceptors (Lipinski definition) is 4. The van der Waals surface area contributed by atoms with Gasteiger partial charge >= 0.3 is 0 Å². The Kier molecular flexibility index (Phi) is 19.1. The van der Waals surface area contributed by atoms with Gasteiger partial charge in [0, 0.05) is 40.4 Å². The zero-order valence-electron chi connectivity index (χ0n) is 42.4. The lowest BCUT2D eigenvalue weighted by Crippen LogP contribution is -2.52. The van der Waals surface area contributed by atoms with Gasteiger partial charge in [0.1, 0.15) is 11.2 Å². The minimum absolute atomic E-state index is 0. The molecule has 0 spiro atoms. The first-order chi connectivity index (χ1) is 32.5. The maximum absolute atomic E-state index is 11.7. The predicted molar refractivity (Wildman–Crippen MR) is 291 cm³/mol. The van der Waals surface area contributed by atoms with Crippen LogP contribution >= 0.6 is 0 Å². The van der Waals surface area contributed by atoms with Gasteiger partial charge in [-0.15, -0.1) is 32.1 Å². The van der Waals surface area contributed by atoms with Crippen LogP contribution in [0.1, 0.15) is 191 Å². The van der Waals surface area contributed by atoms with E-state index in [1.807, 2.05) is 19.1 Å². The van der Waals surface area contributed by atoms with E-state index in [2.05, 4.69) is 75.5 Å². The van der Waals surface area contributed by atoms with Gasteiger partial charge in [-0.3, -0.25) is 9.59 Å². The number of allylic oxidation sites excluding steroid dienone is 9. The molecule has 0 aromatic carbocycles. The van der Waals surface area contributed by atoms with E-state index in [1.165, 1.54) is 85.7 Å². The topological polar surface area (TPSA) is 74.6 Å². The first-order valence-electron chi connectivity index (χ1n) is 26.9. The van der Waals surface area contributed by atoms with E-state index < -0.39 is 11.2 Å². The molecule has 0 amide bonds. The first kappa shape index (κ1) is 56.7. The second-order valence-electron chi connectivity index (χ2n) is 23.5. The fourth-order valence-electron chi connectivity index (χ4n) is 15.9. The highest BCUT2D eigenvalue weighted by atomic mass is 16.3. The SMILES string of the molecule is C.C.C#CC1=CCC2C3CCC4=CC(=O)CC[C@@H]4C3CC[C@]12C.C#CC1=CCC[C@H]1C.C#CC1=CCC[C@H]1C.C#C[C@]1(O)CCC2C3CCC4=CC(=O)CC[C@@H]4C3CC[C@@]21C.C#C[C@]1(O)CCC[C@H]1C. The third-order valence-corrected chi connectivity index (χ3v) is 20.3. The van der Waals surface area contributed by atoms with Gasteiger partial charge in [0.25, 0.3) is 0 Å². The highest BCUT2D eigenvalue weighted by Gasteiger charge is 2.62. The molecule has 378 valence electrons. The van der Waals surface area contributed by atoms with Crippen molar-refractivity contribution in [1.82, 2.24) is 0 Å². The molecule has 70 heavy (non-hydrogen) atoms. The highest BCUT2D eigenvalue weighted by molar-refractivity contribution is 5.91. The number of ketones is 2. The first-order valence-corrected chi connectivity index (χ1v) is 26.9. The molecule has 15 atom stereocenters. The van der Waals surface area contributed by atoms with Gasteiger partial charge in [-0.25, -0.2) is 0 Å². The molecular formula is C66H90O4. The quantitative estimate of drug-likeness (QED) is 0.237. The Labute approximate surface area is 427 Å². The van der Waals surface area contributed by atoms with Crippen molar-refractivity contribution >= 4 is 11.6 Å². The second-order valence-corrected chi connectivity index (χ2v) is 23.5. The molecule has 11 rings (SSSR count). The fourth-order valence-corrected chi connectivity index (χ4v) is 15.9. The van der Waals surface area contributed by atoms with Crippen molar-refractivity contribution in [3.05, 3.63) is 58.2 Å². The molecule has 11 aliphatic carbocycles. The van der Waals surface area contributed by atoms with E-state index in [-0.39, 0.29) is 25.7 Å². The van der Waals surface area contributed by atoms with Crippen molar-refractivity contribution in [3.63, 3.8) is 0 Å². The summed E-state index contributed by atoms with van der Waals surface area (Å²) in [6, 6.07) is 0. The molecule has 2 N–H and O–H groups in total. The van der Waals surface area contributed by atoms with Gasteiger partial charge in [-0.05, 0) is 206 Å². The summed E-state index contributed by atoms with van der Waals surface area (Å²) < 4.78 is 0. The Balaban J connectivity index is 0.000000175. The summed E-state index contributed by atoms with van der Waals surface area (Å²) >= 11 is 0. The molecular weight excluding hydrogens is 857 g/mol. The van der Waals surface area contributed by atoms with Crippen molar-refractivity contribution in [2.75, 3.05) is 0 Å². The Morgan fingerprint density at radius 2 is 1.09 bits per heavy atom. The van der Waals surface area contributed by atoms with Crippen LogP contribution in [0.4, 0.5) is 0 Å². The molecule has 0 aliphatic heterocycles. The van der Waals surface area contributed by atoms with Crippen molar-refractivity contribution < 1.29 is 19.8 Å². The Morgan fingerprint density at radius 1 is 0.557 bits per heavy atom. The van der Waals surface area contributed by atoms with Gasteiger partial charge in [0.2, 0.25) is 0 Å². The van der Waals surface area contributed by atoms with E-state index in [0.29, 0.717) is 58.9 Å². The number of fused-ring (bicyclic) bond motifs is 10. The van der Waals surface area contributed by atoms with Crippen LogP contribution in [0.3, 0.4) is 0 Å². The molecule has 0 heterocycles. The zero-order chi connectivity index (χ0) is 49.0. The second kappa shape index (κ2) is 23.5. The molecule has 0 aromatic heterocycles. The molecule has 0 saturated heterocycles. The summed E-state index contributed by atoms with van der Waals surface area (Å²) in [5, 5.41) is 20.5. The lowest BCUT2D eigenvalue weighted by atomic mass is 9.50. The average molecular weight is 947 g/mol. The van der Waals surface area contributed by atoms with Gasteiger partial charge < -0.3 is 10.2 Å².